The summed E-state index contributed by atoms with van der Waals surface area (Å²) in [5.41, 5.74) is 0.190. The van der Waals surface area contributed by atoms with Crippen LogP contribution < -0.4 is 10.9 Å². The average Bonchev–Trinajstić information content (AvgIpc) is 2.77. The van der Waals surface area contributed by atoms with Crippen molar-refractivity contribution in [2.75, 3.05) is 20.7 Å². The van der Waals surface area contributed by atoms with Crippen LogP contribution in [-0.4, -0.2) is 63.2 Å². The lowest BCUT2D eigenvalue weighted by Gasteiger charge is -2.18. The van der Waals surface area contributed by atoms with Gasteiger partial charge in [-0.15, -0.1) is 0 Å². The van der Waals surface area contributed by atoms with Gasteiger partial charge in [0.2, 0.25) is 5.91 Å². The number of halogens is 1. The summed E-state index contributed by atoms with van der Waals surface area (Å²) in [5.74, 6) is -2.26. The minimum Gasteiger partial charge on any atom is -0.505 e. The lowest BCUT2D eigenvalue weighted by Crippen LogP contribution is -2.40. The zero-order valence-electron chi connectivity index (χ0n) is 18.5. The van der Waals surface area contributed by atoms with Gasteiger partial charge in [0.05, 0.1) is 12.1 Å². The molecule has 0 fully saturated rings. The maximum Gasteiger partial charge on any atom is 0.268 e. The first kappa shape index (κ1) is 23.9. The number of rotatable bonds is 7. The molecule has 9 nitrogen and oxygen atoms in total. The standard InChI is InChI=1S/C23H25FN4O5/c1-13(12-29)26-22(32)19-21(31)20-17(28(23(19)33)11-18(30)27(2)3)9-15(10-25-20)8-14-4-6-16(24)7-5-14/h4-7,9-10,13,29,31H,8,11-12H2,1-3H3,(H,26,32)/t13-/m0/s1. The summed E-state index contributed by atoms with van der Waals surface area (Å²) in [4.78, 5) is 43.9. The molecule has 0 saturated carbocycles. The van der Waals surface area contributed by atoms with Gasteiger partial charge < -0.3 is 20.4 Å². The van der Waals surface area contributed by atoms with Gasteiger partial charge in [-0.05, 0) is 42.7 Å². The number of carbonyl (C=O) groups is 2. The first-order chi connectivity index (χ1) is 15.6. The fourth-order valence-electron chi connectivity index (χ4n) is 3.26. The summed E-state index contributed by atoms with van der Waals surface area (Å²) in [5, 5.41) is 22.4. The highest BCUT2D eigenvalue weighted by Crippen LogP contribution is 2.26. The minimum absolute atomic E-state index is 0.0224. The van der Waals surface area contributed by atoms with Gasteiger partial charge >= 0.3 is 0 Å². The highest BCUT2D eigenvalue weighted by atomic mass is 19.1. The van der Waals surface area contributed by atoms with E-state index in [9.17, 15) is 29.0 Å². The van der Waals surface area contributed by atoms with Gasteiger partial charge in [0.1, 0.15) is 23.4 Å². The number of fused-ring (bicyclic) bond motifs is 1. The number of aliphatic hydroxyl groups is 1. The van der Waals surface area contributed by atoms with Gasteiger partial charge in [-0.25, -0.2) is 4.39 Å². The molecule has 2 aromatic heterocycles. The molecular weight excluding hydrogens is 431 g/mol. The minimum atomic E-state index is -0.885. The van der Waals surface area contributed by atoms with Crippen LogP contribution in [0.15, 0.2) is 41.3 Å². The molecule has 1 atom stereocenters. The number of pyridine rings is 2. The number of nitrogens with one attached hydrogen (secondary N) is 1. The van der Waals surface area contributed by atoms with Crippen LogP contribution in [0.2, 0.25) is 0 Å². The predicted molar refractivity (Wildman–Crippen MR) is 120 cm³/mol. The van der Waals surface area contributed by atoms with Gasteiger partial charge in [-0.2, -0.15) is 0 Å². The van der Waals surface area contributed by atoms with Crippen LogP contribution in [0.3, 0.4) is 0 Å². The normalized spacial score (nSPS) is 11.9. The first-order valence-electron chi connectivity index (χ1n) is 10.2. The molecule has 3 rings (SSSR count). The van der Waals surface area contributed by atoms with Crippen molar-refractivity contribution in [2.24, 2.45) is 0 Å². The van der Waals surface area contributed by atoms with Crippen molar-refractivity contribution in [3.8, 4) is 5.75 Å². The number of aliphatic hydroxyl groups excluding tert-OH is 1. The van der Waals surface area contributed by atoms with Crippen LogP contribution in [-0.2, 0) is 17.8 Å². The Labute approximate surface area is 189 Å². The van der Waals surface area contributed by atoms with Crippen LogP contribution >= 0.6 is 0 Å². The molecule has 0 unspecified atom stereocenters. The van der Waals surface area contributed by atoms with Crippen molar-refractivity contribution in [3.63, 3.8) is 0 Å². The quantitative estimate of drug-likeness (QED) is 0.488. The molecule has 0 bridgehead atoms. The molecule has 1 aromatic carbocycles. The van der Waals surface area contributed by atoms with Gasteiger partial charge in [0, 0.05) is 26.3 Å². The zero-order chi connectivity index (χ0) is 24.3. The maximum absolute atomic E-state index is 13.2. The molecule has 3 aromatic rings. The molecule has 2 amide bonds. The number of benzene rings is 1. The summed E-state index contributed by atoms with van der Waals surface area (Å²) < 4.78 is 14.3. The molecule has 0 aliphatic carbocycles. The average molecular weight is 456 g/mol. The van der Waals surface area contributed by atoms with E-state index >= 15 is 0 Å². The highest BCUT2D eigenvalue weighted by molar-refractivity contribution is 6.01. The second-order valence-corrected chi connectivity index (χ2v) is 7.97. The van der Waals surface area contributed by atoms with Crippen molar-refractivity contribution in [3.05, 3.63) is 69.4 Å². The molecule has 33 heavy (non-hydrogen) atoms. The fraction of sp³-hybridized carbons (Fsp3) is 0.304. The number of amides is 2. The summed E-state index contributed by atoms with van der Waals surface area (Å²) in [6, 6.07) is 6.85. The Hall–Kier alpha value is -3.79. The van der Waals surface area contributed by atoms with E-state index in [4.69, 9.17) is 0 Å². The van der Waals surface area contributed by atoms with E-state index in [1.165, 1.54) is 44.2 Å². The van der Waals surface area contributed by atoms with E-state index < -0.39 is 34.7 Å². The van der Waals surface area contributed by atoms with Gasteiger partial charge in [0.25, 0.3) is 11.5 Å². The first-order valence-corrected chi connectivity index (χ1v) is 10.2. The number of hydrogen-bond acceptors (Lipinski definition) is 6. The van der Waals surface area contributed by atoms with Crippen LogP contribution in [0, 0.1) is 5.82 Å². The second-order valence-electron chi connectivity index (χ2n) is 7.97. The third-order valence-corrected chi connectivity index (χ3v) is 5.13. The van der Waals surface area contributed by atoms with E-state index in [1.807, 2.05) is 0 Å². The number of hydrogen-bond donors (Lipinski definition) is 3. The zero-order valence-corrected chi connectivity index (χ0v) is 18.5. The van der Waals surface area contributed by atoms with Crippen LogP contribution in [0.4, 0.5) is 4.39 Å². The molecule has 0 saturated heterocycles. The monoisotopic (exact) mass is 456 g/mol. The van der Waals surface area contributed by atoms with E-state index in [0.717, 1.165) is 10.1 Å². The van der Waals surface area contributed by atoms with Crippen molar-refractivity contribution in [1.82, 2.24) is 19.8 Å². The lowest BCUT2D eigenvalue weighted by atomic mass is 10.1. The fourth-order valence-corrected chi connectivity index (χ4v) is 3.26. The molecule has 3 N–H and O–H groups in total. The summed E-state index contributed by atoms with van der Waals surface area (Å²) in [7, 11) is 3.06. The Balaban J connectivity index is 2.17. The molecule has 10 heteroatoms. The third-order valence-electron chi connectivity index (χ3n) is 5.13. The molecule has 0 radical (unpaired) electrons. The Morgan fingerprint density at radius 2 is 1.88 bits per heavy atom. The molecule has 0 aliphatic rings. The number of aromatic nitrogens is 2. The van der Waals surface area contributed by atoms with E-state index in [1.54, 1.807) is 18.2 Å². The maximum atomic E-state index is 13.2. The number of aromatic hydroxyl groups is 1. The van der Waals surface area contributed by atoms with Crippen molar-refractivity contribution in [2.45, 2.75) is 25.9 Å². The molecule has 2 heterocycles. The van der Waals surface area contributed by atoms with Gasteiger partial charge in [0.15, 0.2) is 5.75 Å². The molecule has 0 spiro atoms. The Kier molecular flexibility index (Phi) is 7.07. The predicted octanol–water partition coefficient (Wildman–Crippen LogP) is 1.03. The van der Waals surface area contributed by atoms with Crippen molar-refractivity contribution in [1.29, 1.82) is 0 Å². The number of carbonyl (C=O) groups excluding carboxylic acids is 2. The number of nitrogens with zero attached hydrogens (tertiary/aromatic N) is 3. The van der Waals surface area contributed by atoms with Crippen molar-refractivity contribution < 1.29 is 24.2 Å². The SMILES string of the molecule is C[C@@H](CO)NC(=O)c1c(O)c2ncc(Cc3ccc(F)cc3)cc2n(CC(=O)N(C)C)c1=O. The topological polar surface area (TPSA) is 125 Å². The van der Waals surface area contributed by atoms with E-state index in [-0.39, 0.29) is 30.0 Å². The number of likely N-dealkylation sites (N-methyl/N-ethyl adjacent to an activating group) is 1. The molecule has 174 valence electrons. The van der Waals surface area contributed by atoms with Gasteiger partial charge in [-0.3, -0.25) is 23.9 Å². The Bertz CT molecular complexity index is 1250. The smallest absolute Gasteiger partial charge is 0.268 e. The Morgan fingerprint density at radius 3 is 2.48 bits per heavy atom. The summed E-state index contributed by atoms with van der Waals surface area (Å²) >= 11 is 0. The van der Waals surface area contributed by atoms with E-state index in [2.05, 4.69) is 10.3 Å². The van der Waals surface area contributed by atoms with Crippen LogP contribution in [0.1, 0.15) is 28.4 Å². The molecular formula is C23H25FN4O5. The largest absolute Gasteiger partial charge is 0.505 e. The third kappa shape index (κ3) is 5.17. The van der Waals surface area contributed by atoms with Crippen molar-refractivity contribution >= 4 is 22.8 Å². The lowest BCUT2D eigenvalue weighted by molar-refractivity contribution is -0.129. The second kappa shape index (κ2) is 9.78. The summed E-state index contributed by atoms with van der Waals surface area (Å²) in [6.07, 6.45) is 1.85. The Morgan fingerprint density at radius 1 is 1.21 bits per heavy atom. The summed E-state index contributed by atoms with van der Waals surface area (Å²) in [6.45, 7) is 0.794. The van der Waals surface area contributed by atoms with Gasteiger partial charge in [-0.1, -0.05) is 12.1 Å². The highest BCUT2D eigenvalue weighted by Gasteiger charge is 2.25. The van der Waals surface area contributed by atoms with E-state index in [0.29, 0.717) is 12.0 Å². The van der Waals surface area contributed by atoms with Crippen LogP contribution in [0.5, 0.6) is 5.75 Å². The molecule has 0 aliphatic heterocycles. The van der Waals surface area contributed by atoms with Crippen LogP contribution in [0.25, 0.3) is 11.0 Å².